The van der Waals surface area contributed by atoms with Crippen LogP contribution in [0.15, 0.2) is 12.3 Å². The van der Waals surface area contributed by atoms with Crippen molar-refractivity contribution in [2.75, 3.05) is 0 Å². The minimum atomic E-state index is -1.22. The summed E-state index contributed by atoms with van der Waals surface area (Å²) in [6.45, 7) is 7.57. The number of hydrogen-bond donors (Lipinski definition) is 2. The average molecular weight is 325 g/mol. The smallest absolute Gasteiger partial charge is 0.408 e. The molecule has 0 fully saturated rings. The minimum absolute atomic E-state index is 0.0342. The van der Waals surface area contributed by atoms with Crippen LogP contribution in [0.4, 0.5) is 4.79 Å². The summed E-state index contributed by atoms with van der Waals surface area (Å²) in [7, 11) is 0. The van der Waals surface area contributed by atoms with Gasteiger partial charge in [-0.15, -0.1) is 0 Å². The van der Waals surface area contributed by atoms with Gasteiger partial charge in [0.2, 0.25) is 0 Å². The summed E-state index contributed by atoms with van der Waals surface area (Å²) in [4.78, 5) is 34.8. The SMILES string of the molecule is CCn1ccc(C(=O)CC[C@@H](NC(=O)OC(C)(C)C)C(=O)O)n1. The second-order valence-electron chi connectivity index (χ2n) is 6.06. The van der Waals surface area contributed by atoms with Crippen molar-refractivity contribution in [2.45, 2.75) is 58.7 Å². The number of carboxylic acid groups (broad SMARTS) is 1. The first-order valence-corrected chi connectivity index (χ1v) is 7.41. The van der Waals surface area contributed by atoms with Gasteiger partial charge in [-0.3, -0.25) is 9.48 Å². The maximum absolute atomic E-state index is 12.0. The number of Topliss-reactive ketones (excluding diaryl/α,β-unsaturated/α-hetero) is 1. The molecule has 1 heterocycles. The lowest BCUT2D eigenvalue weighted by atomic mass is 10.1. The maximum Gasteiger partial charge on any atom is 0.408 e. The molecule has 128 valence electrons. The normalized spacial score (nSPS) is 12.5. The summed E-state index contributed by atoms with van der Waals surface area (Å²) in [5, 5.41) is 15.5. The lowest BCUT2D eigenvalue weighted by Gasteiger charge is -2.21. The van der Waals surface area contributed by atoms with Crippen molar-refractivity contribution >= 4 is 17.8 Å². The molecule has 0 aliphatic carbocycles. The van der Waals surface area contributed by atoms with E-state index in [1.54, 1.807) is 37.7 Å². The maximum atomic E-state index is 12.0. The number of ketones is 1. The van der Waals surface area contributed by atoms with E-state index in [4.69, 9.17) is 9.84 Å². The Labute approximate surface area is 134 Å². The number of aliphatic carboxylic acids is 1. The summed E-state index contributed by atoms with van der Waals surface area (Å²) in [5.74, 6) is -1.49. The number of amides is 1. The molecule has 0 spiro atoms. The molecular formula is C15H23N3O5. The number of aryl methyl sites for hydroxylation is 1. The first kappa shape index (κ1) is 18.7. The quantitative estimate of drug-likeness (QED) is 0.740. The second kappa shape index (κ2) is 7.75. The van der Waals surface area contributed by atoms with E-state index in [1.807, 2.05) is 6.92 Å². The van der Waals surface area contributed by atoms with Gasteiger partial charge < -0.3 is 15.2 Å². The molecule has 0 bridgehead atoms. The van der Waals surface area contributed by atoms with Crippen LogP contribution in [0.1, 0.15) is 51.0 Å². The van der Waals surface area contributed by atoms with Crippen molar-refractivity contribution in [3.05, 3.63) is 18.0 Å². The average Bonchev–Trinajstić information content (AvgIpc) is 2.89. The zero-order valence-electron chi connectivity index (χ0n) is 13.8. The van der Waals surface area contributed by atoms with Gasteiger partial charge in [-0.2, -0.15) is 5.10 Å². The van der Waals surface area contributed by atoms with Gasteiger partial charge in [0.1, 0.15) is 17.3 Å². The molecule has 0 radical (unpaired) electrons. The molecule has 0 aliphatic rings. The van der Waals surface area contributed by atoms with Gasteiger partial charge in [0.05, 0.1) is 0 Å². The topological polar surface area (TPSA) is 111 Å². The lowest BCUT2D eigenvalue weighted by molar-refractivity contribution is -0.139. The summed E-state index contributed by atoms with van der Waals surface area (Å²) in [5.41, 5.74) is -0.441. The molecule has 0 saturated heterocycles. The van der Waals surface area contributed by atoms with Gasteiger partial charge in [0, 0.05) is 19.2 Å². The fraction of sp³-hybridized carbons (Fsp3) is 0.600. The van der Waals surface area contributed by atoms with Crippen molar-refractivity contribution in [1.82, 2.24) is 15.1 Å². The van der Waals surface area contributed by atoms with E-state index in [0.29, 0.717) is 6.54 Å². The summed E-state index contributed by atoms with van der Waals surface area (Å²) in [6, 6.07) is 0.394. The number of hydrogen-bond acceptors (Lipinski definition) is 5. The summed E-state index contributed by atoms with van der Waals surface area (Å²) in [6.07, 6.45) is 0.786. The van der Waals surface area contributed by atoms with Gasteiger partial charge in [0.25, 0.3) is 0 Å². The number of alkyl carbamates (subject to hydrolysis) is 1. The van der Waals surface area contributed by atoms with Crippen LogP contribution in [0.25, 0.3) is 0 Å². The molecular weight excluding hydrogens is 302 g/mol. The molecule has 2 N–H and O–H groups in total. The van der Waals surface area contributed by atoms with E-state index in [1.165, 1.54) is 0 Å². The zero-order valence-corrected chi connectivity index (χ0v) is 13.8. The third-order valence-corrected chi connectivity index (χ3v) is 2.90. The molecule has 0 saturated carbocycles. The number of ether oxygens (including phenoxy) is 1. The third-order valence-electron chi connectivity index (χ3n) is 2.90. The highest BCUT2D eigenvalue weighted by Gasteiger charge is 2.25. The van der Waals surface area contributed by atoms with Crippen molar-refractivity contribution in [2.24, 2.45) is 0 Å². The summed E-state index contributed by atoms with van der Waals surface area (Å²) >= 11 is 0. The number of carboxylic acids is 1. The number of carbonyl (C=O) groups excluding carboxylic acids is 2. The van der Waals surface area contributed by atoms with E-state index in [-0.39, 0.29) is 24.3 Å². The van der Waals surface area contributed by atoms with Gasteiger partial charge in [0.15, 0.2) is 5.78 Å². The Morgan fingerprint density at radius 3 is 2.52 bits per heavy atom. The predicted octanol–water partition coefficient (Wildman–Crippen LogP) is 1.84. The van der Waals surface area contributed by atoms with E-state index in [2.05, 4.69) is 10.4 Å². The molecule has 8 nitrogen and oxygen atoms in total. The zero-order chi connectivity index (χ0) is 17.6. The van der Waals surface area contributed by atoms with E-state index >= 15 is 0 Å². The van der Waals surface area contributed by atoms with Crippen LogP contribution in [0.5, 0.6) is 0 Å². The van der Waals surface area contributed by atoms with E-state index in [9.17, 15) is 14.4 Å². The Kier molecular flexibility index (Phi) is 6.29. The van der Waals surface area contributed by atoms with E-state index < -0.39 is 23.7 Å². The van der Waals surface area contributed by atoms with Gasteiger partial charge >= 0.3 is 12.1 Å². The molecule has 23 heavy (non-hydrogen) atoms. The van der Waals surface area contributed by atoms with Crippen molar-refractivity contribution in [1.29, 1.82) is 0 Å². The third kappa shape index (κ3) is 6.50. The highest BCUT2D eigenvalue weighted by Crippen LogP contribution is 2.09. The van der Waals surface area contributed by atoms with Gasteiger partial charge in [-0.25, -0.2) is 9.59 Å². The number of nitrogens with zero attached hydrogens (tertiary/aromatic N) is 2. The lowest BCUT2D eigenvalue weighted by Crippen LogP contribution is -2.43. The predicted molar refractivity (Wildman–Crippen MR) is 82.3 cm³/mol. The molecule has 1 amide bonds. The molecule has 1 atom stereocenters. The largest absolute Gasteiger partial charge is 0.480 e. The molecule has 1 rings (SSSR count). The Balaban J connectivity index is 2.57. The molecule has 0 aliphatic heterocycles. The van der Waals surface area contributed by atoms with Crippen LogP contribution >= 0.6 is 0 Å². The van der Waals surface area contributed by atoms with Crippen molar-refractivity contribution in [3.63, 3.8) is 0 Å². The second-order valence-corrected chi connectivity index (χ2v) is 6.06. The van der Waals surface area contributed by atoms with Crippen LogP contribution in [-0.4, -0.2) is 44.4 Å². The fourth-order valence-electron chi connectivity index (χ4n) is 1.80. The molecule has 1 aromatic rings. The van der Waals surface area contributed by atoms with Crippen LogP contribution < -0.4 is 5.32 Å². The Morgan fingerprint density at radius 2 is 2.04 bits per heavy atom. The molecule has 1 aromatic heterocycles. The number of carbonyl (C=O) groups is 3. The highest BCUT2D eigenvalue weighted by molar-refractivity contribution is 5.94. The fourth-order valence-corrected chi connectivity index (χ4v) is 1.80. The van der Waals surface area contributed by atoms with Crippen LogP contribution in [0.3, 0.4) is 0 Å². The Bertz CT molecular complexity index is 574. The Morgan fingerprint density at radius 1 is 1.39 bits per heavy atom. The van der Waals surface area contributed by atoms with Gasteiger partial charge in [-0.1, -0.05) is 0 Å². The van der Waals surface area contributed by atoms with Crippen molar-refractivity contribution < 1.29 is 24.2 Å². The monoisotopic (exact) mass is 325 g/mol. The van der Waals surface area contributed by atoms with Crippen LogP contribution in [-0.2, 0) is 16.1 Å². The number of nitrogens with one attached hydrogen (secondary N) is 1. The first-order valence-electron chi connectivity index (χ1n) is 7.41. The molecule has 8 heteroatoms. The van der Waals surface area contributed by atoms with E-state index in [0.717, 1.165) is 0 Å². The molecule has 0 unspecified atom stereocenters. The number of rotatable bonds is 7. The summed E-state index contributed by atoms with van der Waals surface area (Å²) < 4.78 is 6.63. The van der Waals surface area contributed by atoms with Crippen LogP contribution in [0, 0.1) is 0 Å². The van der Waals surface area contributed by atoms with Crippen molar-refractivity contribution in [3.8, 4) is 0 Å². The van der Waals surface area contributed by atoms with Crippen LogP contribution in [0.2, 0.25) is 0 Å². The minimum Gasteiger partial charge on any atom is -0.480 e. The first-order chi connectivity index (χ1) is 10.6. The number of aromatic nitrogens is 2. The standard InChI is InChI=1S/C15H23N3O5/c1-5-18-9-8-10(17-18)12(19)7-6-11(13(20)21)16-14(22)23-15(2,3)4/h8-9,11H,5-7H2,1-4H3,(H,16,22)(H,20,21)/t11-/m1/s1. The molecule has 0 aromatic carbocycles. The highest BCUT2D eigenvalue weighted by atomic mass is 16.6. The Hall–Kier alpha value is -2.38. The van der Waals surface area contributed by atoms with Gasteiger partial charge in [-0.05, 0) is 40.2 Å².